The lowest BCUT2D eigenvalue weighted by atomic mass is 10.2. The van der Waals surface area contributed by atoms with Crippen LogP contribution in [0.4, 0.5) is 10.1 Å². The second-order valence-corrected chi connectivity index (χ2v) is 4.03. The van der Waals surface area contributed by atoms with E-state index in [-0.39, 0.29) is 18.8 Å². The predicted octanol–water partition coefficient (Wildman–Crippen LogP) is 1.01. The van der Waals surface area contributed by atoms with E-state index >= 15 is 0 Å². The molecule has 0 bridgehead atoms. The van der Waals surface area contributed by atoms with E-state index in [1.54, 1.807) is 19.2 Å². The van der Waals surface area contributed by atoms with Crippen molar-refractivity contribution in [2.75, 3.05) is 38.8 Å². The van der Waals surface area contributed by atoms with Gasteiger partial charge < -0.3 is 25.0 Å². The molecule has 0 fully saturated rings. The van der Waals surface area contributed by atoms with E-state index < -0.39 is 11.9 Å². The first kappa shape index (κ1) is 15.7. The van der Waals surface area contributed by atoms with Gasteiger partial charge in [0.15, 0.2) is 0 Å². The van der Waals surface area contributed by atoms with Gasteiger partial charge in [-0.05, 0) is 12.1 Å². The minimum absolute atomic E-state index is 0.0475. The fourth-order valence-electron chi connectivity index (χ4n) is 1.47. The number of ether oxygens (including phenoxy) is 2. The molecule has 19 heavy (non-hydrogen) atoms. The largest absolute Gasteiger partial charge is 0.491 e. The summed E-state index contributed by atoms with van der Waals surface area (Å²) in [4.78, 5) is 0. The zero-order chi connectivity index (χ0) is 14.1. The summed E-state index contributed by atoms with van der Waals surface area (Å²) in [6, 6.07) is 4.49. The molecule has 1 unspecified atom stereocenters. The zero-order valence-corrected chi connectivity index (χ0v) is 10.9. The molecule has 6 heteroatoms. The van der Waals surface area contributed by atoms with Crippen LogP contribution in [0.25, 0.3) is 0 Å². The summed E-state index contributed by atoms with van der Waals surface area (Å²) in [6.07, 6.45) is -0.243. The zero-order valence-electron chi connectivity index (χ0n) is 10.9. The van der Waals surface area contributed by atoms with Crippen molar-refractivity contribution in [2.45, 2.75) is 12.5 Å². The van der Waals surface area contributed by atoms with E-state index in [0.717, 1.165) is 0 Å². The van der Waals surface area contributed by atoms with Crippen molar-refractivity contribution in [1.82, 2.24) is 0 Å². The lowest BCUT2D eigenvalue weighted by Crippen LogP contribution is -2.23. The summed E-state index contributed by atoms with van der Waals surface area (Å²) in [5, 5.41) is 20.7. The smallest absolute Gasteiger partial charge is 0.150 e. The number of benzene rings is 1. The highest BCUT2D eigenvalue weighted by Gasteiger charge is 2.11. The molecule has 0 radical (unpaired) electrons. The van der Waals surface area contributed by atoms with Gasteiger partial charge in [0.2, 0.25) is 0 Å². The molecule has 1 aromatic rings. The normalized spacial score (nSPS) is 12.2. The Morgan fingerprint density at radius 3 is 2.84 bits per heavy atom. The van der Waals surface area contributed by atoms with Crippen LogP contribution in [-0.4, -0.2) is 49.8 Å². The summed E-state index contributed by atoms with van der Waals surface area (Å²) in [6.45, 7) is 0.646. The highest BCUT2D eigenvalue weighted by atomic mass is 19.1. The minimum Gasteiger partial charge on any atom is -0.491 e. The first-order chi connectivity index (χ1) is 9.19. The summed E-state index contributed by atoms with van der Waals surface area (Å²) in [5.74, 6) is -0.0874. The molecule has 0 aliphatic carbocycles. The number of para-hydroxylation sites is 1. The molecule has 0 amide bonds. The van der Waals surface area contributed by atoms with Crippen LogP contribution in [0.15, 0.2) is 18.2 Å². The van der Waals surface area contributed by atoms with Crippen LogP contribution in [-0.2, 0) is 4.74 Å². The van der Waals surface area contributed by atoms with E-state index in [2.05, 4.69) is 5.32 Å². The molecule has 0 saturated carbocycles. The van der Waals surface area contributed by atoms with Crippen molar-refractivity contribution in [2.24, 2.45) is 0 Å². The van der Waals surface area contributed by atoms with Crippen LogP contribution in [0.1, 0.15) is 6.42 Å². The number of hydrogen-bond acceptors (Lipinski definition) is 5. The van der Waals surface area contributed by atoms with Gasteiger partial charge in [0, 0.05) is 26.7 Å². The Morgan fingerprint density at radius 1 is 1.37 bits per heavy atom. The Balaban J connectivity index is 2.61. The number of hydrogen-bond donors (Lipinski definition) is 3. The molecule has 108 valence electrons. The fraction of sp³-hybridized carbons (Fsp3) is 0.538. The minimum atomic E-state index is -0.944. The second-order valence-electron chi connectivity index (χ2n) is 4.03. The van der Waals surface area contributed by atoms with Crippen LogP contribution in [0.5, 0.6) is 5.75 Å². The molecule has 0 saturated heterocycles. The van der Waals surface area contributed by atoms with Crippen LogP contribution in [0.3, 0.4) is 0 Å². The predicted molar refractivity (Wildman–Crippen MR) is 70.0 cm³/mol. The number of halogens is 1. The molecule has 0 spiro atoms. The van der Waals surface area contributed by atoms with Crippen LogP contribution < -0.4 is 10.1 Å². The third kappa shape index (κ3) is 5.42. The highest BCUT2D eigenvalue weighted by Crippen LogP contribution is 2.27. The van der Waals surface area contributed by atoms with E-state index in [0.29, 0.717) is 25.4 Å². The topological polar surface area (TPSA) is 71.0 Å². The summed E-state index contributed by atoms with van der Waals surface area (Å²) < 4.78 is 24.0. The number of aliphatic hydroxyl groups excluding tert-OH is 2. The summed E-state index contributed by atoms with van der Waals surface area (Å²) in [5.41, 5.74) is 0.187. The number of nitrogens with one attached hydrogen (secondary N) is 1. The van der Waals surface area contributed by atoms with Gasteiger partial charge in [-0.15, -0.1) is 0 Å². The Morgan fingerprint density at radius 2 is 2.16 bits per heavy atom. The van der Waals surface area contributed by atoms with Crippen molar-refractivity contribution in [3.05, 3.63) is 24.0 Å². The standard InChI is InChI=1S/C13H20FNO4/c1-18-6-3-7-19-12-5-2-4-11(14)13(12)15-8-10(17)9-16/h2,4-5,10,15-17H,3,6-9H2,1H3. The summed E-state index contributed by atoms with van der Waals surface area (Å²) >= 11 is 0. The first-order valence-electron chi connectivity index (χ1n) is 6.12. The number of aliphatic hydroxyl groups is 2. The highest BCUT2D eigenvalue weighted by molar-refractivity contribution is 5.57. The maximum atomic E-state index is 13.7. The fourth-order valence-corrected chi connectivity index (χ4v) is 1.47. The van der Waals surface area contributed by atoms with Crippen LogP contribution in [0.2, 0.25) is 0 Å². The Hall–Kier alpha value is -1.37. The molecular weight excluding hydrogens is 253 g/mol. The molecule has 0 aliphatic heterocycles. The van der Waals surface area contributed by atoms with E-state index in [4.69, 9.17) is 14.6 Å². The van der Waals surface area contributed by atoms with Crippen molar-refractivity contribution >= 4 is 5.69 Å². The van der Waals surface area contributed by atoms with Crippen molar-refractivity contribution < 1.29 is 24.1 Å². The molecule has 3 N–H and O–H groups in total. The molecule has 0 heterocycles. The van der Waals surface area contributed by atoms with Crippen molar-refractivity contribution in [1.29, 1.82) is 0 Å². The number of methoxy groups -OCH3 is 1. The van der Waals surface area contributed by atoms with Gasteiger partial charge in [-0.3, -0.25) is 0 Å². The van der Waals surface area contributed by atoms with Gasteiger partial charge in [-0.2, -0.15) is 0 Å². The van der Waals surface area contributed by atoms with Crippen LogP contribution >= 0.6 is 0 Å². The summed E-state index contributed by atoms with van der Waals surface area (Å²) in [7, 11) is 1.60. The second kappa shape index (κ2) is 8.68. The van der Waals surface area contributed by atoms with Crippen molar-refractivity contribution in [3.63, 3.8) is 0 Å². The Kier molecular flexibility index (Phi) is 7.17. The first-order valence-corrected chi connectivity index (χ1v) is 6.12. The lowest BCUT2D eigenvalue weighted by Gasteiger charge is -2.15. The quantitative estimate of drug-likeness (QED) is 0.586. The van der Waals surface area contributed by atoms with Gasteiger partial charge in [0.05, 0.1) is 19.3 Å². The maximum Gasteiger partial charge on any atom is 0.150 e. The molecule has 1 aromatic carbocycles. The third-order valence-electron chi connectivity index (χ3n) is 2.45. The van der Waals surface area contributed by atoms with E-state index in [9.17, 15) is 9.50 Å². The lowest BCUT2D eigenvalue weighted by molar-refractivity contribution is 0.105. The van der Waals surface area contributed by atoms with E-state index in [1.807, 2.05) is 0 Å². The maximum absolute atomic E-state index is 13.7. The SMILES string of the molecule is COCCCOc1cccc(F)c1NCC(O)CO. The van der Waals surface area contributed by atoms with Gasteiger partial charge in [-0.1, -0.05) is 6.07 Å². The molecule has 0 aromatic heterocycles. The molecule has 5 nitrogen and oxygen atoms in total. The Labute approximate surface area is 112 Å². The Bertz CT molecular complexity index is 376. The van der Waals surface area contributed by atoms with Gasteiger partial charge in [-0.25, -0.2) is 4.39 Å². The van der Waals surface area contributed by atoms with Crippen molar-refractivity contribution in [3.8, 4) is 5.75 Å². The average molecular weight is 273 g/mol. The van der Waals surface area contributed by atoms with Gasteiger partial charge in [0.25, 0.3) is 0 Å². The molecule has 1 rings (SSSR count). The van der Waals surface area contributed by atoms with Crippen LogP contribution in [0, 0.1) is 5.82 Å². The van der Waals surface area contributed by atoms with Gasteiger partial charge in [0.1, 0.15) is 17.3 Å². The molecule has 1 atom stereocenters. The monoisotopic (exact) mass is 273 g/mol. The van der Waals surface area contributed by atoms with Gasteiger partial charge >= 0.3 is 0 Å². The number of anilines is 1. The molecular formula is C13H20FNO4. The molecule has 0 aliphatic rings. The van der Waals surface area contributed by atoms with E-state index in [1.165, 1.54) is 6.07 Å². The average Bonchev–Trinajstić information content (AvgIpc) is 2.42. The third-order valence-corrected chi connectivity index (χ3v) is 2.45. The number of rotatable bonds is 9.